The van der Waals surface area contributed by atoms with Crippen molar-refractivity contribution >= 4 is 33.6 Å². The SMILES string of the molecule is Cc1cc(SCC(=O)N(C)Cc2cn[nH]c2)c(C)cc1Br. The number of aryl methyl sites for hydroxylation is 2. The van der Waals surface area contributed by atoms with Crippen LogP contribution < -0.4 is 0 Å². The minimum Gasteiger partial charge on any atom is -0.341 e. The van der Waals surface area contributed by atoms with Crippen LogP contribution in [0, 0.1) is 13.8 Å². The summed E-state index contributed by atoms with van der Waals surface area (Å²) < 4.78 is 1.10. The zero-order chi connectivity index (χ0) is 15.4. The monoisotopic (exact) mass is 367 g/mol. The average Bonchev–Trinajstić information content (AvgIpc) is 2.93. The molecule has 1 amide bonds. The fourth-order valence-corrected chi connectivity index (χ4v) is 3.39. The summed E-state index contributed by atoms with van der Waals surface area (Å²) in [7, 11) is 1.82. The van der Waals surface area contributed by atoms with Gasteiger partial charge in [0.2, 0.25) is 5.91 Å². The number of carbonyl (C=O) groups excluding carboxylic acids is 1. The third kappa shape index (κ3) is 4.35. The molecule has 0 saturated carbocycles. The van der Waals surface area contributed by atoms with Crippen molar-refractivity contribution in [2.24, 2.45) is 0 Å². The van der Waals surface area contributed by atoms with Gasteiger partial charge >= 0.3 is 0 Å². The van der Waals surface area contributed by atoms with Crippen molar-refractivity contribution in [3.63, 3.8) is 0 Å². The van der Waals surface area contributed by atoms with E-state index in [0.717, 1.165) is 14.9 Å². The third-order valence-corrected chi connectivity index (χ3v) is 5.20. The number of thioether (sulfide) groups is 1. The van der Waals surface area contributed by atoms with Gasteiger partial charge in [-0.2, -0.15) is 5.10 Å². The number of hydrogen-bond acceptors (Lipinski definition) is 3. The summed E-state index contributed by atoms with van der Waals surface area (Å²) >= 11 is 5.11. The molecule has 112 valence electrons. The van der Waals surface area contributed by atoms with E-state index < -0.39 is 0 Å². The first-order valence-electron chi connectivity index (χ1n) is 6.58. The number of nitrogens with zero attached hydrogens (tertiary/aromatic N) is 2. The highest BCUT2D eigenvalue weighted by Crippen LogP contribution is 2.28. The second-order valence-corrected chi connectivity index (χ2v) is 6.88. The number of H-pyrrole nitrogens is 1. The van der Waals surface area contributed by atoms with Crippen LogP contribution in [0.25, 0.3) is 0 Å². The summed E-state index contributed by atoms with van der Waals surface area (Å²) in [5.74, 6) is 0.553. The summed E-state index contributed by atoms with van der Waals surface area (Å²) in [5, 5.41) is 6.64. The maximum absolute atomic E-state index is 12.2. The zero-order valence-electron chi connectivity index (χ0n) is 12.3. The number of aromatic amines is 1. The second kappa shape index (κ2) is 7.13. The number of halogens is 1. The number of amides is 1. The Balaban J connectivity index is 1.93. The summed E-state index contributed by atoms with van der Waals surface area (Å²) in [4.78, 5) is 15.0. The van der Waals surface area contributed by atoms with Crippen LogP contribution >= 0.6 is 27.7 Å². The topological polar surface area (TPSA) is 49.0 Å². The predicted molar refractivity (Wildman–Crippen MR) is 89.4 cm³/mol. The van der Waals surface area contributed by atoms with Crippen molar-refractivity contribution in [1.29, 1.82) is 0 Å². The molecular weight excluding hydrogens is 350 g/mol. The number of aromatic nitrogens is 2. The first-order chi connectivity index (χ1) is 9.97. The van der Waals surface area contributed by atoms with E-state index in [4.69, 9.17) is 0 Å². The van der Waals surface area contributed by atoms with Crippen LogP contribution in [0.1, 0.15) is 16.7 Å². The summed E-state index contributed by atoms with van der Waals surface area (Å²) in [5.41, 5.74) is 3.37. The van der Waals surface area contributed by atoms with E-state index in [1.165, 1.54) is 11.1 Å². The number of nitrogens with one attached hydrogen (secondary N) is 1. The van der Waals surface area contributed by atoms with Crippen LogP contribution in [0.15, 0.2) is 33.9 Å². The first kappa shape index (κ1) is 16.1. The molecule has 0 aliphatic rings. The van der Waals surface area contributed by atoms with Gasteiger partial charge in [-0.3, -0.25) is 9.89 Å². The Labute approximate surface area is 137 Å². The van der Waals surface area contributed by atoms with E-state index in [0.29, 0.717) is 12.3 Å². The molecule has 0 atom stereocenters. The van der Waals surface area contributed by atoms with E-state index in [1.807, 2.05) is 7.05 Å². The predicted octanol–water partition coefficient (Wildman–Crippen LogP) is 3.54. The van der Waals surface area contributed by atoms with Gasteiger partial charge in [0.15, 0.2) is 0 Å². The van der Waals surface area contributed by atoms with Crippen molar-refractivity contribution < 1.29 is 4.79 Å². The summed E-state index contributed by atoms with van der Waals surface area (Å²) in [6.07, 6.45) is 3.54. The number of hydrogen-bond donors (Lipinski definition) is 1. The Kier molecular flexibility index (Phi) is 5.47. The minimum atomic E-state index is 0.112. The molecule has 0 saturated heterocycles. The molecule has 1 aromatic heterocycles. The van der Waals surface area contributed by atoms with Crippen molar-refractivity contribution in [2.45, 2.75) is 25.3 Å². The molecule has 0 spiro atoms. The molecule has 0 aliphatic carbocycles. The molecule has 2 rings (SSSR count). The number of benzene rings is 1. The average molecular weight is 368 g/mol. The van der Waals surface area contributed by atoms with Gasteiger partial charge in [-0.1, -0.05) is 15.9 Å². The highest BCUT2D eigenvalue weighted by atomic mass is 79.9. The Morgan fingerprint density at radius 2 is 2.14 bits per heavy atom. The molecule has 0 fully saturated rings. The fourth-order valence-electron chi connectivity index (χ4n) is 1.89. The normalized spacial score (nSPS) is 10.7. The largest absolute Gasteiger partial charge is 0.341 e. The van der Waals surface area contributed by atoms with Gasteiger partial charge in [-0.25, -0.2) is 0 Å². The zero-order valence-corrected chi connectivity index (χ0v) is 14.7. The standard InChI is InChI=1S/C15H18BrN3OS/c1-10-5-14(11(2)4-13(10)16)21-9-15(20)19(3)8-12-6-17-18-7-12/h4-7H,8-9H2,1-3H3,(H,17,18). The van der Waals surface area contributed by atoms with Gasteiger partial charge in [-0.15, -0.1) is 11.8 Å². The maximum atomic E-state index is 12.2. The second-order valence-electron chi connectivity index (χ2n) is 5.01. The van der Waals surface area contributed by atoms with E-state index in [9.17, 15) is 4.79 Å². The third-order valence-electron chi connectivity index (χ3n) is 3.21. The number of carbonyl (C=O) groups is 1. The van der Waals surface area contributed by atoms with Crippen LogP contribution in [0.5, 0.6) is 0 Å². The molecular formula is C15H18BrN3OS. The molecule has 0 radical (unpaired) electrons. The minimum absolute atomic E-state index is 0.112. The molecule has 0 bridgehead atoms. The Morgan fingerprint density at radius 3 is 2.81 bits per heavy atom. The molecule has 0 aliphatic heterocycles. The molecule has 4 nitrogen and oxygen atoms in total. The van der Waals surface area contributed by atoms with Crippen LogP contribution in [-0.4, -0.2) is 33.8 Å². The highest BCUT2D eigenvalue weighted by molar-refractivity contribution is 9.10. The lowest BCUT2D eigenvalue weighted by atomic mass is 10.2. The van der Waals surface area contributed by atoms with Crippen molar-refractivity contribution in [2.75, 3.05) is 12.8 Å². The molecule has 1 heterocycles. The molecule has 2 aromatic rings. The molecule has 0 unspecified atom stereocenters. The molecule has 6 heteroatoms. The number of rotatable bonds is 5. The maximum Gasteiger partial charge on any atom is 0.232 e. The van der Waals surface area contributed by atoms with E-state index >= 15 is 0 Å². The van der Waals surface area contributed by atoms with Crippen LogP contribution in [0.3, 0.4) is 0 Å². The van der Waals surface area contributed by atoms with Gasteiger partial charge in [0.1, 0.15) is 0 Å². The van der Waals surface area contributed by atoms with E-state index in [-0.39, 0.29) is 5.91 Å². The lowest BCUT2D eigenvalue weighted by Crippen LogP contribution is -2.27. The molecule has 21 heavy (non-hydrogen) atoms. The Bertz CT molecular complexity index is 628. The van der Waals surface area contributed by atoms with Gasteiger partial charge in [0.25, 0.3) is 0 Å². The van der Waals surface area contributed by atoms with E-state index in [2.05, 4.69) is 52.1 Å². The summed E-state index contributed by atoms with van der Waals surface area (Å²) in [6.45, 7) is 4.70. The quantitative estimate of drug-likeness (QED) is 0.822. The van der Waals surface area contributed by atoms with Crippen molar-refractivity contribution in [1.82, 2.24) is 15.1 Å². The van der Waals surface area contributed by atoms with Gasteiger partial charge in [-0.05, 0) is 37.1 Å². The van der Waals surface area contributed by atoms with Crippen LogP contribution in [0.4, 0.5) is 0 Å². The lowest BCUT2D eigenvalue weighted by molar-refractivity contribution is -0.127. The van der Waals surface area contributed by atoms with E-state index in [1.54, 1.807) is 29.1 Å². The smallest absolute Gasteiger partial charge is 0.232 e. The van der Waals surface area contributed by atoms with Gasteiger partial charge in [0.05, 0.1) is 11.9 Å². The van der Waals surface area contributed by atoms with Gasteiger partial charge < -0.3 is 4.90 Å². The van der Waals surface area contributed by atoms with Crippen LogP contribution in [-0.2, 0) is 11.3 Å². The lowest BCUT2D eigenvalue weighted by Gasteiger charge is -2.16. The summed E-state index contributed by atoms with van der Waals surface area (Å²) in [6, 6.07) is 4.21. The fraction of sp³-hybridized carbons (Fsp3) is 0.333. The Morgan fingerprint density at radius 1 is 1.38 bits per heavy atom. The van der Waals surface area contributed by atoms with Crippen LogP contribution in [0.2, 0.25) is 0 Å². The molecule has 1 N–H and O–H groups in total. The Hall–Kier alpha value is -1.27. The van der Waals surface area contributed by atoms with Gasteiger partial charge in [0, 0.05) is 34.7 Å². The first-order valence-corrected chi connectivity index (χ1v) is 8.36. The van der Waals surface area contributed by atoms with Crippen molar-refractivity contribution in [3.05, 3.63) is 45.7 Å². The highest BCUT2D eigenvalue weighted by Gasteiger charge is 2.12. The van der Waals surface area contributed by atoms with Crippen molar-refractivity contribution in [3.8, 4) is 0 Å². The molecule has 1 aromatic carbocycles.